The van der Waals surface area contributed by atoms with Crippen molar-refractivity contribution in [2.24, 2.45) is 0 Å². The lowest BCUT2D eigenvalue weighted by molar-refractivity contribution is 0.112. The van der Waals surface area contributed by atoms with Crippen LogP contribution in [0.1, 0.15) is 73.8 Å². The Labute approximate surface area is 165 Å². The maximum atomic E-state index is 11.4. The van der Waals surface area contributed by atoms with Gasteiger partial charge in [0.2, 0.25) is 0 Å². The fourth-order valence-corrected chi connectivity index (χ4v) is 4.11. The second kappa shape index (κ2) is 8.55. The van der Waals surface area contributed by atoms with Gasteiger partial charge in [0, 0.05) is 17.7 Å². The molecule has 0 atom stereocenters. The van der Waals surface area contributed by atoms with E-state index < -0.39 is 0 Å². The summed E-state index contributed by atoms with van der Waals surface area (Å²) in [6.07, 6.45) is 12.6. The molecule has 5 heteroatoms. The average Bonchev–Trinajstić information content (AvgIpc) is 3.17. The van der Waals surface area contributed by atoms with Gasteiger partial charge >= 0.3 is 0 Å². The summed E-state index contributed by atoms with van der Waals surface area (Å²) in [6, 6.07) is 8.25. The van der Waals surface area contributed by atoms with Crippen LogP contribution in [0.4, 0.5) is 0 Å². The van der Waals surface area contributed by atoms with Crippen molar-refractivity contribution in [3.8, 4) is 16.9 Å². The standard InChI is InChI=1S/C23H27N3O2/c1-2-3-13-28-20-11-9-17(10-12-20)21-15-24-23-19(16-27)14-25-26(23)22(21)18-7-5-4-6-8-18/h9-12,14-16,18H,2-8,13H2,1H3. The van der Waals surface area contributed by atoms with Crippen molar-refractivity contribution in [2.75, 3.05) is 6.61 Å². The van der Waals surface area contributed by atoms with Crippen LogP contribution in [-0.2, 0) is 0 Å². The van der Waals surface area contributed by atoms with Crippen molar-refractivity contribution in [1.82, 2.24) is 14.6 Å². The Morgan fingerprint density at radius 3 is 2.64 bits per heavy atom. The predicted octanol–water partition coefficient (Wildman–Crippen LogP) is 5.44. The van der Waals surface area contributed by atoms with E-state index in [-0.39, 0.29) is 0 Å². The minimum atomic E-state index is 0.439. The first-order valence-electron chi connectivity index (χ1n) is 10.4. The van der Waals surface area contributed by atoms with Gasteiger partial charge in [-0.2, -0.15) is 5.10 Å². The number of carbonyl (C=O) groups excluding carboxylic acids is 1. The predicted molar refractivity (Wildman–Crippen MR) is 110 cm³/mol. The van der Waals surface area contributed by atoms with E-state index in [1.165, 1.54) is 25.0 Å². The molecule has 1 aromatic carbocycles. The third-order valence-corrected chi connectivity index (χ3v) is 5.64. The molecule has 0 N–H and O–H groups in total. The summed E-state index contributed by atoms with van der Waals surface area (Å²) in [5.74, 6) is 1.34. The van der Waals surface area contributed by atoms with Crippen LogP contribution >= 0.6 is 0 Å². The quantitative estimate of drug-likeness (QED) is 0.407. The number of hydrogen-bond acceptors (Lipinski definition) is 4. The van der Waals surface area contributed by atoms with Crippen LogP contribution in [0.3, 0.4) is 0 Å². The highest BCUT2D eigenvalue weighted by Gasteiger charge is 2.24. The monoisotopic (exact) mass is 377 g/mol. The van der Waals surface area contributed by atoms with E-state index in [4.69, 9.17) is 4.74 Å². The molecule has 0 bridgehead atoms. The zero-order chi connectivity index (χ0) is 19.3. The molecule has 2 aromatic heterocycles. The molecule has 28 heavy (non-hydrogen) atoms. The van der Waals surface area contributed by atoms with Crippen molar-refractivity contribution in [2.45, 2.75) is 57.8 Å². The Kier molecular flexibility index (Phi) is 5.70. The summed E-state index contributed by atoms with van der Waals surface area (Å²) in [4.78, 5) is 15.9. The number of hydrogen-bond donors (Lipinski definition) is 0. The van der Waals surface area contributed by atoms with Crippen LogP contribution in [0, 0.1) is 0 Å². The van der Waals surface area contributed by atoms with Crippen molar-refractivity contribution < 1.29 is 9.53 Å². The lowest BCUT2D eigenvalue weighted by Gasteiger charge is -2.25. The van der Waals surface area contributed by atoms with E-state index in [9.17, 15) is 4.79 Å². The first kappa shape index (κ1) is 18.7. The molecule has 0 saturated heterocycles. The molecule has 0 spiro atoms. The van der Waals surface area contributed by atoms with Gasteiger partial charge in [0.05, 0.1) is 24.1 Å². The number of carbonyl (C=O) groups is 1. The smallest absolute Gasteiger partial charge is 0.165 e. The van der Waals surface area contributed by atoms with Gasteiger partial charge in [-0.1, -0.05) is 44.7 Å². The Morgan fingerprint density at radius 2 is 1.93 bits per heavy atom. The minimum Gasteiger partial charge on any atom is -0.494 e. The SMILES string of the molecule is CCCCOc1ccc(-c2cnc3c(C=O)cnn3c2C2CCCCC2)cc1. The van der Waals surface area contributed by atoms with E-state index in [0.717, 1.165) is 55.5 Å². The van der Waals surface area contributed by atoms with Crippen LogP contribution in [0.25, 0.3) is 16.8 Å². The molecule has 3 aromatic rings. The largest absolute Gasteiger partial charge is 0.494 e. The molecular weight excluding hydrogens is 350 g/mol. The summed E-state index contributed by atoms with van der Waals surface area (Å²) in [5.41, 5.74) is 4.58. The molecule has 0 unspecified atom stereocenters. The summed E-state index contributed by atoms with van der Waals surface area (Å²) < 4.78 is 7.69. The lowest BCUT2D eigenvalue weighted by Crippen LogP contribution is -2.12. The third-order valence-electron chi connectivity index (χ3n) is 5.64. The Morgan fingerprint density at radius 1 is 1.14 bits per heavy atom. The van der Waals surface area contributed by atoms with E-state index >= 15 is 0 Å². The molecule has 5 nitrogen and oxygen atoms in total. The van der Waals surface area contributed by atoms with Crippen LogP contribution in [0.15, 0.2) is 36.7 Å². The first-order chi connectivity index (χ1) is 13.8. The van der Waals surface area contributed by atoms with Gasteiger partial charge < -0.3 is 4.74 Å². The molecule has 2 heterocycles. The van der Waals surface area contributed by atoms with E-state index in [0.29, 0.717) is 17.1 Å². The summed E-state index contributed by atoms with van der Waals surface area (Å²) >= 11 is 0. The van der Waals surface area contributed by atoms with Gasteiger partial charge in [0.15, 0.2) is 11.9 Å². The van der Waals surface area contributed by atoms with Crippen LogP contribution in [-0.4, -0.2) is 27.5 Å². The summed E-state index contributed by atoms with van der Waals surface area (Å²) in [5, 5.41) is 4.52. The molecule has 1 saturated carbocycles. The van der Waals surface area contributed by atoms with Gasteiger partial charge in [-0.05, 0) is 37.0 Å². The average molecular weight is 377 g/mol. The van der Waals surface area contributed by atoms with Crippen molar-refractivity contribution in [3.05, 3.63) is 47.9 Å². The van der Waals surface area contributed by atoms with Gasteiger partial charge in [0.25, 0.3) is 0 Å². The molecule has 1 fully saturated rings. The van der Waals surface area contributed by atoms with E-state index in [1.807, 2.05) is 22.8 Å². The van der Waals surface area contributed by atoms with Crippen molar-refractivity contribution >= 4 is 11.9 Å². The number of nitrogens with zero attached hydrogens (tertiary/aromatic N) is 3. The molecular formula is C23H27N3O2. The topological polar surface area (TPSA) is 56.5 Å². The number of aldehydes is 1. The maximum Gasteiger partial charge on any atom is 0.165 e. The highest BCUT2D eigenvalue weighted by Crippen LogP contribution is 2.38. The molecule has 0 radical (unpaired) electrons. The van der Waals surface area contributed by atoms with E-state index in [1.54, 1.807) is 6.20 Å². The van der Waals surface area contributed by atoms with Crippen LogP contribution < -0.4 is 4.74 Å². The number of aromatic nitrogens is 3. The molecule has 0 amide bonds. The number of unbranched alkanes of at least 4 members (excludes halogenated alkanes) is 1. The van der Waals surface area contributed by atoms with Gasteiger partial charge in [-0.15, -0.1) is 0 Å². The number of ether oxygens (including phenoxy) is 1. The van der Waals surface area contributed by atoms with Gasteiger partial charge in [-0.25, -0.2) is 9.50 Å². The maximum absolute atomic E-state index is 11.4. The number of benzene rings is 1. The molecule has 1 aliphatic carbocycles. The Hall–Kier alpha value is -2.69. The molecule has 4 rings (SSSR count). The van der Waals surface area contributed by atoms with Crippen LogP contribution in [0.2, 0.25) is 0 Å². The third kappa shape index (κ3) is 3.66. The molecule has 146 valence electrons. The van der Waals surface area contributed by atoms with Crippen molar-refractivity contribution in [1.29, 1.82) is 0 Å². The lowest BCUT2D eigenvalue weighted by atomic mass is 9.84. The van der Waals surface area contributed by atoms with Crippen molar-refractivity contribution in [3.63, 3.8) is 0 Å². The fraction of sp³-hybridized carbons (Fsp3) is 0.435. The molecule has 0 aliphatic heterocycles. The number of fused-ring (bicyclic) bond motifs is 1. The Bertz CT molecular complexity index is 940. The second-order valence-corrected chi connectivity index (χ2v) is 7.57. The zero-order valence-corrected chi connectivity index (χ0v) is 16.4. The normalized spacial score (nSPS) is 15.0. The Balaban J connectivity index is 1.74. The number of rotatable bonds is 7. The highest BCUT2D eigenvalue weighted by atomic mass is 16.5. The van der Waals surface area contributed by atoms with Gasteiger partial charge in [-0.3, -0.25) is 4.79 Å². The summed E-state index contributed by atoms with van der Waals surface area (Å²) in [7, 11) is 0. The second-order valence-electron chi connectivity index (χ2n) is 7.57. The van der Waals surface area contributed by atoms with E-state index in [2.05, 4.69) is 29.1 Å². The zero-order valence-electron chi connectivity index (χ0n) is 16.4. The fourth-order valence-electron chi connectivity index (χ4n) is 4.11. The first-order valence-corrected chi connectivity index (χ1v) is 10.4. The van der Waals surface area contributed by atoms with Gasteiger partial charge in [0.1, 0.15) is 5.75 Å². The minimum absolute atomic E-state index is 0.439. The highest BCUT2D eigenvalue weighted by molar-refractivity contribution is 5.84. The summed E-state index contributed by atoms with van der Waals surface area (Å²) in [6.45, 7) is 2.91. The molecule has 1 aliphatic rings. The van der Waals surface area contributed by atoms with Crippen LogP contribution in [0.5, 0.6) is 5.75 Å².